The normalized spacial score (nSPS) is 9.55. The van der Waals surface area contributed by atoms with Crippen molar-refractivity contribution in [1.82, 2.24) is 0 Å². The maximum absolute atomic E-state index is 9.29. The van der Waals surface area contributed by atoms with Crippen LogP contribution in [0.1, 0.15) is 11.1 Å². The molecule has 1 aromatic rings. The predicted octanol–water partition coefficient (Wildman–Crippen LogP) is 1.33. The molecule has 2 nitrogen and oxygen atoms in total. The summed E-state index contributed by atoms with van der Waals surface area (Å²) in [5, 5.41) is 9.29. The number of phenols is 1. The van der Waals surface area contributed by atoms with E-state index in [4.69, 9.17) is 18.0 Å². The zero-order valence-corrected chi connectivity index (χ0v) is 6.98. The second kappa shape index (κ2) is 2.88. The fraction of sp³-hybridized carbons (Fsp3) is 0.125. The third kappa shape index (κ3) is 1.68. The quantitative estimate of drug-likeness (QED) is 0.620. The minimum atomic E-state index is 0.150. The van der Waals surface area contributed by atoms with Crippen LogP contribution in [0.15, 0.2) is 18.2 Å². The number of thiocarbonyl (C=S) groups is 1. The van der Waals surface area contributed by atoms with E-state index < -0.39 is 0 Å². The summed E-state index contributed by atoms with van der Waals surface area (Å²) >= 11 is 4.71. The van der Waals surface area contributed by atoms with Crippen LogP contribution >= 0.6 is 12.2 Å². The van der Waals surface area contributed by atoms with Crippen molar-refractivity contribution in [3.05, 3.63) is 29.3 Å². The Hall–Kier alpha value is -1.09. The van der Waals surface area contributed by atoms with Crippen LogP contribution in [0.5, 0.6) is 5.75 Å². The number of rotatable bonds is 1. The van der Waals surface area contributed by atoms with E-state index in [1.54, 1.807) is 12.1 Å². The Morgan fingerprint density at radius 2 is 2.18 bits per heavy atom. The summed E-state index contributed by atoms with van der Waals surface area (Å²) in [7, 11) is 0. The first-order chi connectivity index (χ1) is 5.11. The maximum atomic E-state index is 9.29. The molecule has 0 radical (unpaired) electrons. The smallest absolute Gasteiger partial charge is 0.126 e. The molecular formula is C8H9NOS. The number of hydrogen-bond donors (Lipinski definition) is 2. The van der Waals surface area contributed by atoms with Gasteiger partial charge in [0.25, 0.3) is 0 Å². The molecule has 58 valence electrons. The molecular weight excluding hydrogens is 158 g/mol. The molecule has 0 saturated heterocycles. The summed E-state index contributed by atoms with van der Waals surface area (Å²) in [6.07, 6.45) is 0. The molecule has 0 spiro atoms. The van der Waals surface area contributed by atoms with Crippen LogP contribution in [-0.4, -0.2) is 10.1 Å². The fourth-order valence-electron chi connectivity index (χ4n) is 0.850. The summed E-state index contributed by atoms with van der Waals surface area (Å²) in [6, 6.07) is 5.20. The largest absolute Gasteiger partial charge is 0.507 e. The molecule has 0 unspecified atom stereocenters. The van der Waals surface area contributed by atoms with Crippen LogP contribution < -0.4 is 5.73 Å². The summed E-state index contributed by atoms with van der Waals surface area (Å²) in [6.45, 7) is 1.89. The van der Waals surface area contributed by atoms with Gasteiger partial charge >= 0.3 is 0 Å². The number of aromatic hydroxyl groups is 1. The molecule has 0 fully saturated rings. The second-order valence-corrected chi connectivity index (χ2v) is 2.82. The molecule has 0 saturated carbocycles. The lowest BCUT2D eigenvalue weighted by Gasteiger charge is -2.01. The van der Waals surface area contributed by atoms with Crippen molar-refractivity contribution in [2.24, 2.45) is 5.73 Å². The van der Waals surface area contributed by atoms with E-state index in [1.807, 2.05) is 13.0 Å². The number of phenolic OH excluding ortho intramolecular Hbond substituents is 1. The number of nitrogens with two attached hydrogens (primary N) is 1. The molecule has 3 N–H and O–H groups in total. The van der Waals surface area contributed by atoms with Crippen molar-refractivity contribution in [1.29, 1.82) is 0 Å². The first-order valence-corrected chi connectivity index (χ1v) is 3.61. The molecule has 0 aliphatic carbocycles. The van der Waals surface area contributed by atoms with Crippen molar-refractivity contribution < 1.29 is 5.11 Å². The highest BCUT2D eigenvalue weighted by Gasteiger charge is 2.01. The zero-order valence-electron chi connectivity index (χ0n) is 6.16. The summed E-state index contributed by atoms with van der Waals surface area (Å²) in [4.78, 5) is 0.225. The monoisotopic (exact) mass is 167 g/mol. The summed E-state index contributed by atoms with van der Waals surface area (Å²) < 4.78 is 0. The van der Waals surface area contributed by atoms with E-state index in [0.29, 0.717) is 5.56 Å². The maximum Gasteiger partial charge on any atom is 0.126 e. The Labute approximate surface area is 70.7 Å². The Balaban J connectivity index is 3.20. The van der Waals surface area contributed by atoms with Crippen molar-refractivity contribution in [2.75, 3.05) is 0 Å². The van der Waals surface area contributed by atoms with Gasteiger partial charge in [-0.1, -0.05) is 18.3 Å². The van der Waals surface area contributed by atoms with Crippen LogP contribution in [-0.2, 0) is 0 Å². The van der Waals surface area contributed by atoms with Gasteiger partial charge in [0.1, 0.15) is 10.7 Å². The van der Waals surface area contributed by atoms with Gasteiger partial charge in [0, 0.05) is 0 Å². The predicted molar refractivity (Wildman–Crippen MR) is 48.7 cm³/mol. The minimum Gasteiger partial charge on any atom is -0.507 e. The van der Waals surface area contributed by atoms with Crippen LogP contribution in [0.3, 0.4) is 0 Å². The van der Waals surface area contributed by atoms with E-state index in [0.717, 1.165) is 5.56 Å². The lowest BCUT2D eigenvalue weighted by Crippen LogP contribution is -2.09. The molecule has 0 aliphatic heterocycles. The van der Waals surface area contributed by atoms with Gasteiger partial charge in [0.2, 0.25) is 0 Å². The molecule has 11 heavy (non-hydrogen) atoms. The van der Waals surface area contributed by atoms with E-state index in [-0.39, 0.29) is 10.7 Å². The highest BCUT2D eigenvalue weighted by molar-refractivity contribution is 7.80. The summed E-state index contributed by atoms with van der Waals surface area (Å²) in [5.74, 6) is 0.150. The average Bonchev–Trinajstić information content (AvgIpc) is 1.85. The Bertz CT molecular complexity index is 296. The zero-order chi connectivity index (χ0) is 8.43. The van der Waals surface area contributed by atoms with E-state index in [1.165, 1.54) is 0 Å². The molecule has 1 rings (SSSR count). The third-order valence-electron chi connectivity index (χ3n) is 1.42. The first-order valence-electron chi connectivity index (χ1n) is 3.20. The Kier molecular flexibility index (Phi) is 2.10. The van der Waals surface area contributed by atoms with Crippen LogP contribution in [0.2, 0.25) is 0 Å². The van der Waals surface area contributed by atoms with E-state index in [2.05, 4.69) is 0 Å². The van der Waals surface area contributed by atoms with Gasteiger partial charge < -0.3 is 10.8 Å². The lowest BCUT2D eigenvalue weighted by atomic mass is 10.1. The molecule has 0 heterocycles. The second-order valence-electron chi connectivity index (χ2n) is 2.38. The van der Waals surface area contributed by atoms with Crippen molar-refractivity contribution in [2.45, 2.75) is 6.92 Å². The fourth-order valence-corrected chi connectivity index (χ4v) is 1.02. The molecule has 0 aliphatic rings. The van der Waals surface area contributed by atoms with Gasteiger partial charge in [-0.25, -0.2) is 0 Å². The van der Waals surface area contributed by atoms with Gasteiger partial charge in [-0.3, -0.25) is 0 Å². The van der Waals surface area contributed by atoms with Crippen LogP contribution in [0, 0.1) is 6.92 Å². The Morgan fingerprint density at radius 1 is 1.55 bits per heavy atom. The molecule has 0 bridgehead atoms. The standard InChI is InChI=1S/C8H9NOS/c1-5-2-3-6(8(9)11)7(10)4-5/h2-4,10H,1H3,(H2,9,11). The van der Waals surface area contributed by atoms with Gasteiger partial charge in [-0.05, 0) is 24.6 Å². The van der Waals surface area contributed by atoms with E-state index >= 15 is 0 Å². The number of hydrogen-bond acceptors (Lipinski definition) is 2. The van der Waals surface area contributed by atoms with Gasteiger partial charge in [0.15, 0.2) is 0 Å². The number of aryl methyl sites for hydroxylation is 1. The number of benzene rings is 1. The highest BCUT2D eigenvalue weighted by Crippen LogP contribution is 2.17. The highest BCUT2D eigenvalue weighted by atomic mass is 32.1. The minimum absolute atomic E-state index is 0.150. The van der Waals surface area contributed by atoms with Crippen molar-refractivity contribution in [3.63, 3.8) is 0 Å². The molecule has 1 aromatic carbocycles. The molecule has 0 atom stereocenters. The van der Waals surface area contributed by atoms with Crippen molar-refractivity contribution in [3.8, 4) is 5.75 Å². The molecule has 0 amide bonds. The van der Waals surface area contributed by atoms with E-state index in [9.17, 15) is 5.11 Å². The molecule has 3 heteroatoms. The molecule has 0 aromatic heterocycles. The lowest BCUT2D eigenvalue weighted by molar-refractivity contribution is 0.474. The van der Waals surface area contributed by atoms with Crippen molar-refractivity contribution >= 4 is 17.2 Å². The average molecular weight is 167 g/mol. The topological polar surface area (TPSA) is 46.2 Å². The first kappa shape index (κ1) is 8.01. The van der Waals surface area contributed by atoms with Gasteiger partial charge in [-0.2, -0.15) is 0 Å². The van der Waals surface area contributed by atoms with Gasteiger partial charge in [0.05, 0.1) is 5.56 Å². The SMILES string of the molecule is Cc1ccc(C(N)=S)c(O)c1. The summed E-state index contributed by atoms with van der Waals surface area (Å²) in [5.41, 5.74) is 6.86. The van der Waals surface area contributed by atoms with Gasteiger partial charge in [-0.15, -0.1) is 0 Å². The van der Waals surface area contributed by atoms with Crippen LogP contribution in [0.25, 0.3) is 0 Å². The van der Waals surface area contributed by atoms with Crippen LogP contribution in [0.4, 0.5) is 0 Å². The third-order valence-corrected chi connectivity index (χ3v) is 1.64. The Morgan fingerprint density at radius 3 is 2.64 bits per heavy atom.